The maximum Gasteiger partial charge on any atom is 0.243 e. The molecular weight excluding hydrogens is 278 g/mol. The van der Waals surface area contributed by atoms with Gasteiger partial charge in [-0.2, -0.15) is 4.31 Å². The van der Waals surface area contributed by atoms with Gasteiger partial charge in [-0.1, -0.05) is 12.1 Å². The minimum Gasteiger partial charge on any atom is -0.396 e. The monoisotopic (exact) mass is 299 g/mol. The van der Waals surface area contributed by atoms with E-state index in [1.54, 1.807) is 25.1 Å². The number of hydrogen-bond acceptors (Lipinski definition) is 4. The maximum absolute atomic E-state index is 12.5. The van der Waals surface area contributed by atoms with Crippen LogP contribution in [-0.2, 0) is 10.0 Å². The third kappa shape index (κ3) is 3.20. The highest BCUT2D eigenvalue weighted by molar-refractivity contribution is 7.89. The van der Waals surface area contributed by atoms with Crippen molar-refractivity contribution in [2.75, 3.05) is 19.7 Å². The van der Waals surface area contributed by atoms with Gasteiger partial charge in [-0.15, -0.1) is 0 Å². The van der Waals surface area contributed by atoms with Crippen molar-refractivity contribution in [2.45, 2.75) is 30.8 Å². The van der Waals surface area contributed by atoms with Crippen molar-refractivity contribution in [3.63, 3.8) is 0 Å². The lowest BCUT2D eigenvalue weighted by Crippen LogP contribution is -2.39. The van der Waals surface area contributed by atoms with Crippen molar-refractivity contribution < 1.29 is 18.6 Å². The molecule has 20 heavy (non-hydrogen) atoms. The minimum atomic E-state index is -3.51. The number of hydrogen-bond donors (Lipinski definition) is 2. The van der Waals surface area contributed by atoms with E-state index in [1.165, 1.54) is 10.4 Å². The summed E-state index contributed by atoms with van der Waals surface area (Å²) >= 11 is 0. The number of aliphatic hydroxyl groups excluding tert-OH is 2. The van der Waals surface area contributed by atoms with E-state index in [0.717, 1.165) is 0 Å². The van der Waals surface area contributed by atoms with E-state index in [2.05, 4.69) is 0 Å². The fraction of sp³-hybridized carbons (Fsp3) is 0.571. The molecule has 0 amide bonds. The lowest BCUT2D eigenvalue weighted by molar-refractivity contribution is 0.170. The summed E-state index contributed by atoms with van der Waals surface area (Å²) in [6.07, 6.45) is 0.683. The Kier molecular flexibility index (Phi) is 4.80. The lowest BCUT2D eigenvalue weighted by Gasteiger charge is -2.30. The molecule has 1 aromatic carbocycles. The second-order valence-corrected chi connectivity index (χ2v) is 7.22. The molecule has 0 spiro atoms. The Hall–Kier alpha value is -0.950. The van der Waals surface area contributed by atoms with Crippen LogP contribution in [-0.4, -0.2) is 42.6 Å². The summed E-state index contributed by atoms with van der Waals surface area (Å²) in [4.78, 5) is 0.221. The molecule has 2 N–H and O–H groups in total. The smallest absolute Gasteiger partial charge is 0.243 e. The largest absolute Gasteiger partial charge is 0.396 e. The molecule has 1 aliphatic heterocycles. The normalized spacial score (nSPS) is 19.9. The van der Waals surface area contributed by atoms with Crippen LogP contribution in [0.4, 0.5) is 0 Å². The predicted molar refractivity (Wildman–Crippen MR) is 75.6 cm³/mol. The molecule has 112 valence electrons. The SMILES string of the molecule is CC(O)c1cccc(S(=O)(=O)N2CCC(CO)CC2)c1. The summed E-state index contributed by atoms with van der Waals surface area (Å²) in [6.45, 7) is 2.60. The number of aliphatic hydroxyl groups is 2. The van der Waals surface area contributed by atoms with Gasteiger partial charge < -0.3 is 10.2 Å². The van der Waals surface area contributed by atoms with E-state index >= 15 is 0 Å². The number of piperidine rings is 1. The molecule has 1 aliphatic rings. The molecule has 0 bridgehead atoms. The first-order valence-corrected chi connectivity index (χ1v) is 8.28. The van der Waals surface area contributed by atoms with Gasteiger partial charge in [0.05, 0.1) is 11.0 Å². The molecule has 1 aromatic rings. The fourth-order valence-electron chi connectivity index (χ4n) is 2.42. The molecule has 1 atom stereocenters. The number of sulfonamides is 1. The Labute approximate surface area is 119 Å². The number of nitrogens with zero attached hydrogens (tertiary/aromatic N) is 1. The molecule has 0 radical (unpaired) electrons. The van der Waals surface area contributed by atoms with E-state index in [0.29, 0.717) is 31.5 Å². The molecule has 1 unspecified atom stereocenters. The Bertz CT molecular complexity index is 548. The van der Waals surface area contributed by atoms with Crippen LogP contribution in [0.25, 0.3) is 0 Å². The average molecular weight is 299 g/mol. The second kappa shape index (κ2) is 6.22. The van der Waals surface area contributed by atoms with Gasteiger partial charge in [0, 0.05) is 19.7 Å². The predicted octanol–water partition coefficient (Wildman–Crippen LogP) is 1.13. The highest BCUT2D eigenvalue weighted by atomic mass is 32.2. The summed E-state index contributed by atoms with van der Waals surface area (Å²) in [5.41, 5.74) is 0.594. The van der Waals surface area contributed by atoms with Gasteiger partial charge in [0.2, 0.25) is 10.0 Å². The van der Waals surface area contributed by atoms with Crippen LogP contribution in [0.15, 0.2) is 29.2 Å². The molecule has 0 aliphatic carbocycles. The van der Waals surface area contributed by atoms with Crippen molar-refractivity contribution in [3.05, 3.63) is 29.8 Å². The first kappa shape index (κ1) is 15.4. The van der Waals surface area contributed by atoms with Crippen LogP contribution in [0, 0.1) is 5.92 Å². The van der Waals surface area contributed by atoms with Crippen molar-refractivity contribution in [3.8, 4) is 0 Å². The van der Waals surface area contributed by atoms with E-state index < -0.39 is 16.1 Å². The molecule has 1 fully saturated rings. The van der Waals surface area contributed by atoms with Crippen LogP contribution in [0.2, 0.25) is 0 Å². The van der Waals surface area contributed by atoms with Gasteiger partial charge in [0.1, 0.15) is 0 Å². The first-order valence-electron chi connectivity index (χ1n) is 6.84. The Balaban J connectivity index is 2.20. The quantitative estimate of drug-likeness (QED) is 0.874. The van der Waals surface area contributed by atoms with Gasteiger partial charge in [0.25, 0.3) is 0 Å². The molecule has 0 aromatic heterocycles. The van der Waals surface area contributed by atoms with Crippen LogP contribution in [0.5, 0.6) is 0 Å². The highest BCUT2D eigenvalue weighted by Crippen LogP contribution is 2.25. The van der Waals surface area contributed by atoms with E-state index in [4.69, 9.17) is 5.11 Å². The maximum atomic E-state index is 12.5. The summed E-state index contributed by atoms with van der Waals surface area (Å²) in [7, 11) is -3.51. The Morgan fingerprint density at radius 2 is 2.00 bits per heavy atom. The third-order valence-electron chi connectivity index (χ3n) is 3.81. The molecule has 2 rings (SSSR count). The fourth-order valence-corrected chi connectivity index (χ4v) is 3.94. The molecule has 6 heteroatoms. The topological polar surface area (TPSA) is 77.8 Å². The zero-order valence-electron chi connectivity index (χ0n) is 11.6. The average Bonchev–Trinajstić information content (AvgIpc) is 2.47. The summed E-state index contributed by atoms with van der Waals surface area (Å²) in [5.74, 6) is 0.199. The Morgan fingerprint density at radius 1 is 1.35 bits per heavy atom. The molecular formula is C14H21NO4S. The first-order chi connectivity index (χ1) is 9.45. The van der Waals surface area contributed by atoms with Crippen molar-refractivity contribution >= 4 is 10.0 Å². The van der Waals surface area contributed by atoms with E-state index in [-0.39, 0.29) is 17.4 Å². The van der Waals surface area contributed by atoms with Crippen LogP contribution >= 0.6 is 0 Å². The van der Waals surface area contributed by atoms with E-state index in [9.17, 15) is 13.5 Å². The Morgan fingerprint density at radius 3 is 2.55 bits per heavy atom. The van der Waals surface area contributed by atoms with Gasteiger partial charge in [0.15, 0.2) is 0 Å². The standard InChI is InChI=1S/C14H21NO4S/c1-11(17)13-3-2-4-14(9-13)20(18,19)15-7-5-12(10-16)6-8-15/h2-4,9,11-12,16-17H,5-8,10H2,1H3. The second-order valence-electron chi connectivity index (χ2n) is 5.28. The van der Waals surface area contributed by atoms with Crippen molar-refractivity contribution in [1.82, 2.24) is 4.31 Å². The molecule has 1 saturated heterocycles. The molecule has 5 nitrogen and oxygen atoms in total. The summed E-state index contributed by atoms with van der Waals surface area (Å²) < 4.78 is 26.5. The number of rotatable bonds is 4. The van der Waals surface area contributed by atoms with Crippen LogP contribution in [0.3, 0.4) is 0 Å². The van der Waals surface area contributed by atoms with Crippen LogP contribution in [0.1, 0.15) is 31.4 Å². The van der Waals surface area contributed by atoms with Gasteiger partial charge >= 0.3 is 0 Å². The van der Waals surface area contributed by atoms with Gasteiger partial charge in [-0.3, -0.25) is 0 Å². The third-order valence-corrected chi connectivity index (χ3v) is 5.70. The molecule has 1 heterocycles. The zero-order chi connectivity index (χ0) is 14.8. The van der Waals surface area contributed by atoms with Crippen molar-refractivity contribution in [1.29, 1.82) is 0 Å². The van der Waals surface area contributed by atoms with Gasteiger partial charge in [-0.05, 0) is 43.4 Å². The highest BCUT2D eigenvalue weighted by Gasteiger charge is 2.29. The lowest BCUT2D eigenvalue weighted by atomic mass is 10.00. The number of benzene rings is 1. The summed E-state index contributed by atoms with van der Waals surface area (Å²) in [5, 5.41) is 18.7. The minimum absolute atomic E-state index is 0.116. The van der Waals surface area contributed by atoms with Crippen molar-refractivity contribution in [2.24, 2.45) is 5.92 Å². The molecule has 0 saturated carbocycles. The van der Waals surface area contributed by atoms with E-state index in [1.807, 2.05) is 0 Å². The zero-order valence-corrected chi connectivity index (χ0v) is 12.4. The summed E-state index contributed by atoms with van der Waals surface area (Å²) in [6, 6.07) is 6.44. The van der Waals surface area contributed by atoms with Gasteiger partial charge in [-0.25, -0.2) is 8.42 Å². The van der Waals surface area contributed by atoms with Crippen LogP contribution < -0.4 is 0 Å².